The summed E-state index contributed by atoms with van der Waals surface area (Å²) < 4.78 is 5.44. The maximum absolute atomic E-state index is 9.60. The van der Waals surface area contributed by atoms with Crippen molar-refractivity contribution in [2.24, 2.45) is 5.73 Å². The monoisotopic (exact) mass is 332 g/mol. The molecule has 1 aliphatic heterocycles. The van der Waals surface area contributed by atoms with Crippen LogP contribution < -0.4 is 10.5 Å². The fraction of sp³-hybridized carbons (Fsp3) is 0.0625. The second-order valence-electron chi connectivity index (χ2n) is 4.81. The van der Waals surface area contributed by atoms with E-state index in [0.717, 1.165) is 0 Å². The minimum atomic E-state index is -0.473. The SMILES string of the molecule is N#CC1=C(N)Oc2cc(O)ccc2[C@H]1c1ccc(Cl)cc1Cl. The molecule has 0 radical (unpaired) electrons. The average molecular weight is 333 g/mol. The van der Waals surface area contributed by atoms with Crippen molar-refractivity contribution in [1.29, 1.82) is 5.26 Å². The number of aromatic hydroxyl groups is 1. The zero-order chi connectivity index (χ0) is 15.9. The van der Waals surface area contributed by atoms with E-state index in [1.807, 2.05) is 0 Å². The first-order valence-electron chi connectivity index (χ1n) is 6.36. The van der Waals surface area contributed by atoms with E-state index in [9.17, 15) is 10.4 Å². The van der Waals surface area contributed by atoms with Gasteiger partial charge in [0.25, 0.3) is 0 Å². The van der Waals surface area contributed by atoms with Crippen molar-refractivity contribution in [3.8, 4) is 17.6 Å². The fourth-order valence-corrected chi connectivity index (χ4v) is 3.02. The molecule has 110 valence electrons. The van der Waals surface area contributed by atoms with E-state index >= 15 is 0 Å². The molecule has 22 heavy (non-hydrogen) atoms. The lowest BCUT2D eigenvalue weighted by Gasteiger charge is -2.27. The van der Waals surface area contributed by atoms with Crippen LogP contribution in [0.25, 0.3) is 0 Å². The van der Waals surface area contributed by atoms with Gasteiger partial charge in [-0.05, 0) is 23.8 Å². The molecule has 1 aliphatic rings. The molecule has 0 amide bonds. The number of hydrogen-bond acceptors (Lipinski definition) is 4. The number of phenols is 1. The first-order chi connectivity index (χ1) is 10.5. The maximum Gasteiger partial charge on any atom is 0.205 e. The van der Waals surface area contributed by atoms with Crippen molar-refractivity contribution in [2.45, 2.75) is 5.92 Å². The molecule has 0 saturated heterocycles. The number of allylic oxidation sites excluding steroid dienone is 1. The second kappa shape index (κ2) is 5.45. The van der Waals surface area contributed by atoms with Crippen LogP contribution in [0.3, 0.4) is 0 Å². The highest BCUT2D eigenvalue weighted by molar-refractivity contribution is 6.35. The summed E-state index contributed by atoms with van der Waals surface area (Å²) in [5.74, 6) is -0.0313. The Kier molecular flexibility index (Phi) is 3.61. The predicted molar refractivity (Wildman–Crippen MR) is 83.9 cm³/mol. The molecule has 3 rings (SSSR count). The van der Waals surface area contributed by atoms with E-state index in [4.69, 9.17) is 33.7 Å². The number of halogens is 2. The van der Waals surface area contributed by atoms with Gasteiger partial charge in [0.2, 0.25) is 5.88 Å². The molecule has 4 nitrogen and oxygen atoms in total. The van der Waals surface area contributed by atoms with E-state index in [0.29, 0.717) is 26.9 Å². The van der Waals surface area contributed by atoms with Crippen molar-refractivity contribution >= 4 is 23.2 Å². The fourth-order valence-electron chi connectivity index (χ4n) is 2.50. The molecular weight excluding hydrogens is 323 g/mol. The number of nitrogens with zero attached hydrogens (tertiary/aromatic N) is 1. The Bertz CT molecular complexity index is 841. The Hall–Kier alpha value is -2.35. The number of ether oxygens (including phenoxy) is 1. The van der Waals surface area contributed by atoms with Crippen molar-refractivity contribution in [1.82, 2.24) is 0 Å². The van der Waals surface area contributed by atoms with Gasteiger partial charge in [0.15, 0.2) is 0 Å². The third-order valence-electron chi connectivity index (χ3n) is 3.48. The highest BCUT2D eigenvalue weighted by Gasteiger charge is 2.32. The summed E-state index contributed by atoms with van der Waals surface area (Å²) in [5.41, 5.74) is 7.51. The first-order valence-corrected chi connectivity index (χ1v) is 7.12. The van der Waals surface area contributed by atoms with E-state index < -0.39 is 5.92 Å². The number of phenolic OH excluding ortho intramolecular Hbond substituents is 1. The minimum Gasteiger partial charge on any atom is -0.508 e. The minimum absolute atomic E-state index is 0.00313. The molecule has 1 atom stereocenters. The summed E-state index contributed by atoms with van der Waals surface area (Å²) in [4.78, 5) is 0. The summed E-state index contributed by atoms with van der Waals surface area (Å²) in [5, 5.41) is 20.0. The molecule has 6 heteroatoms. The van der Waals surface area contributed by atoms with Crippen molar-refractivity contribution in [2.75, 3.05) is 0 Å². The smallest absolute Gasteiger partial charge is 0.205 e. The standard InChI is InChI=1S/C16H10Cl2N2O2/c17-8-1-3-10(13(18)5-8)15-11-4-2-9(21)6-14(11)22-16(20)12(15)7-19/h1-6,15,21H,20H2/t15-/m1/s1. The molecule has 0 aromatic heterocycles. The number of fused-ring (bicyclic) bond motifs is 1. The van der Waals surface area contributed by atoms with Gasteiger partial charge in [-0.2, -0.15) is 5.26 Å². The number of rotatable bonds is 1. The second-order valence-corrected chi connectivity index (χ2v) is 5.66. The lowest BCUT2D eigenvalue weighted by molar-refractivity contribution is 0.388. The summed E-state index contributed by atoms with van der Waals surface area (Å²) in [6.45, 7) is 0. The third-order valence-corrected chi connectivity index (χ3v) is 4.04. The molecule has 0 bridgehead atoms. The van der Waals surface area contributed by atoms with E-state index in [-0.39, 0.29) is 17.2 Å². The van der Waals surface area contributed by atoms with Gasteiger partial charge in [0, 0.05) is 21.7 Å². The normalized spacial score (nSPS) is 16.7. The molecule has 2 aromatic rings. The Morgan fingerprint density at radius 1 is 1.14 bits per heavy atom. The van der Waals surface area contributed by atoms with Crippen LogP contribution >= 0.6 is 23.2 Å². The van der Waals surface area contributed by atoms with Gasteiger partial charge < -0.3 is 15.6 Å². The van der Waals surface area contributed by atoms with Crippen LogP contribution in [0, 0.1) is 11.3 Å². The molecule has 0 spiro atoms. The quantitative estimate of drug-likeness (QED) is 0.829. The van der Waals surface area contributed by atoms with Gasteiger partial charge in [-0.3, -0.25) is 0 Å². The lowest BCUT2D eigenvalue weighted by atomic mass is 9.83. The summed E-state index contributed by atoms with van der Waals surface area (Å²) in [6, 6.07) is 11.8. The first kappa shape index (κ1) is 14.6. The van der Waals surface area contributed by atoms with Crippen molar-refractivity contribution in [3.05, 3.63) is 69.0 Å². The van der Waals surface area contributed by atoms with Crippen LogP contribution in [0.2, 0.25) is 10.0 Å². The lowest BCUT2D eigenvalue weighted by Crippen LogP contribution is -2.21. The van der Waals surface area contributed by atoms with Crippen molar-refractivity contribution < 1.29 is 9.84 Å². The molecule has 3 N–H and O–H groups in total. The van der Waals surface area contributed by atoms with Gasteiger partial charge in [0.05, 0.1) is 5.92 Å². The van der Waals surface area contributed by atoms with Gasteiger partial charge in [-0.25, -0.2) is 0 Å². The Balaban J connectivity index is 2.26. The van der Waals surface area contributed by atoms with E-state index in [1.54, 1.807) is 24.3 Å². The number of benzene rings is 2. The van der Waals surface area contributed by atoms with Crippen molar-refractivity contribution in [3.63, 3.8) is 0 Å². The molecule has 0 fully saturated rings. The highest BCUT2D eigenvalue weighted by Crippen LogP contribution is 2.45. The van der Waals surface area contributed by atoms with Gasteiger partial charge >= 0.3 is 0 Å². The van der Waals surface area contributed by atoms with Gasteiger partial charge in [0.1, 0.15) is 23.1 Å². The number of nitrogens with two attached hydrogens (primary N) is 1. The van der Waals surface area contributed by atoms with E-state index in [1.165, 1.54) is 12.1 Å². The summed E-state index contributed by atoms with van der Waals surface area (Å²) in [7, 11) is 0. The van der Waals surface area contributed by atoms with Gasteiger partial charge in [-0.1, -0.05) is 35.3 Å². The largest absolute Gasteiger partial charge is 0.508 e. The zero-order valence-corrected chi connectivity index (χ0v) is 12.7. The van der Waals surface area contributed by atoms with Crippen LogP contribution in [0.5, 0.6) is 11.5 Å². The molecule has 2 aromatic carbocycles. The number of nitriles is 1. The summed E-state index contributed by atoms with van der Waals surface area (Å²) >= 11 is 12.2. The predicted octanol–water partition coefficient (Wildman–Crippen LogP) is 3.92. The third kappa shape index (κ3) is 2.35. The topological polar surface area (TPSA) is 79.3 Å². The van der Waals surface area contributed by atoms with Crippen LogP contribution in [-0.4, -0.2) is 5.11 Å². The number of hydrogen-bond donors (Lipinski definition) is 2. The van der Waals surface area contributed by atoms with E-state index in [2.05, 4.69) is 6.07 Å². The van der Waals surface area contributed by atoms with Crippen LogP contribution in [0.4, 0.5) is 0 Å². The molecule has 0 saturated carbocycles. The highest BCUT2D eigenvalue weighted by atomic mass is 35.5. The average Bonchev–Trinajstić information content (AvgIpc) is 2.46. The molecule has 1 heterocycles. The zero-order valence-electron chi connectivity index (χ0n) is 11.2. The van der Waals surface area contributed by atoms with Crippen LogP contribution in [0.15, 0.2) is 47.9 Å². The molecule has 0 aliphatic carbocycles. The Morgan fingerprint density at radius 2 is 1.86 bits per heavy atom. The van der Waals surface area contributed by atoms with Gasteiger partial charge in [-0.15, -0.1) is 0 Å². The Morgan fingerprint density at radius 3 is 2.55 bits per heavy atom. The van der Waals surface area contributed by atoms with Crippen LogP contribution in [0.1, 0.15) is 17.0 Å². The molecular formula is C16H10Cl2N2O2. The maximum atomic E-state index is 9.60. The van der Waals surface area contributed by atoms with Crippen LogP contribution in [-0.2, 0) is 0 Å². The molecule has 0 unspecified atom stereocenters. The summed E-state index contributed by atoms with van der Waals surface area (Å²) in [6.07, 6.45) is 0. The Labute approximate surface area is 136 Å².